The first kappa shape index (κ1) is 21.1. The maximum absolute atomic E-state index is 14.5. The molecule has 0 spiro atoms. The van der Waals surface area contributed by atoms with Crippen molar-refractivity contribution in [2.75, 3.05) is 18.4 Å². The highest BCUT2D eigenvalue weighted by molar-refractivity contribution is 5.81. The van der Waals surface area contributed by atoms with Gasteiger partial charge in [0.2, 0.25) is 5.95 Å². The van der Waals surface area contributed by atoms with E-state index in [0.717, 1.165) is 36.4 Å². The number of anilines is 2. The molecule has 0 unspecified atom stereocenters. The van der Waals surface area contributed by atoms with Gasteiger partial charge in [-0.2, -0.15) is 5.10 Å². The molecule has 0 atom stereocenters. The molecule has 4 aromatic rings. The number of halogens is 1. The fraction of sp³-hybridized carbons (Fsp3) is 0.269. The van der Waals surface area contributed by atoms with Gasteiger partial charge in [0.05, 0.1) is 6.20 Å². The summed E-state index contributed by atoms with van der Waals surface area (Å²) in [6.45, 7) is 3.12. The molecule has 2 aromatic carbocycles. The summed E-state index contributed by atoms with van der Waals surface area (Å²) < 4.78 is 16.3. The zero-order chi connectivity index (χ0) is 22.8. The molecule has 1 saturated heterocycles. The lowest BCUT2D eigenvalue weighted by atomic mass is 10.0. The average molecular weight is 441 g/mol. The van der Waals surface area contributed by atoms with Crippen molar-refractivity contribution >= 4 is 22.5 Å². The maximum Gasteiger partial charge on any atom is 0.227 e. The van der Waals surface area contributed by atoms with E-state index in [1.165, 1.54) is 30.9 Å². The molecule has 0 amide bonds. The number of aryl methyl sites for hydroxylation is 1. The molecule has 1 N–H and O–H groups in total. The van der Waals surface area contributed by atoms with Crippen molar-refractivity contribution in [2.24, 2.45) is 7.05 Å². The van der Waals surface area contributed by atoms with E-state index in [2.05, 4.69) is 43.3 Å². The Kier molecular flexibility index (Phi) is 5.76. The fourth-order valence-corrected chi connectivity index (χ4v) is 4.34. The van der Waals surface area contributed by atoms with Crippen molar-refractivity contribution in [2.45, 2.75) is 25.8 Å². The molecule has 0 aliphatic carbocycles. The molecule has 0 bridgehead atoms. The lowest BCUT2D eigenvalue weighted by molar-refractivity contribution is 0.221. The number of rotatable bonds is 5. The molecule has 1 fully saturated rings. The zero-order valence-electron chi connectivity index (χ0n) is 18.6. The Bertz CT molecular complexity index is 1350. The molecule has 1 aliphatic heterocycles. The Morgan fingerprint density at radius 3 is 2.67 bits per heavy atom. The smallest absolute Gasteiger partial charge is 0.227 e. The van der Waals surface area contributed by atoms with Crippen molar-refractivity contribution < 1.29 is 4.39 Å². The summed E-state index contributed by atoms with van der Waals surface area (Å²) in [5.74, 6) is 2.33. The number of nitrogens with one attached hydrogen (secondary N) is 1. The van der Waals surface area contributed by atoms with Gasteiger partial charge in [-0.15, -0.1) is 6.42 Å². The van der Waals surface area contributed by atoms with Gasteiger partial charge in [0.1, 0.15) is 5.52 Å². The van der Waals surface area contributed by atoms with Crippen LogP contribution in [0.1, 0.15) is 30.4 Å². The van der Waals surface area contributed by atoms with Crippen LogP contribution >= 0.6 is 0 Å². The number of benzene rings is 2. The number of piperidine rings is 1. The van der Waals surface area contributed by atoms with Gasteiger partial charge in [0, 0.05) is 48.2 Å². The first-order chi connectivity index (χ1) is 16.1. The minimum atomic E-state index is -0.458. The maximum atomic E-state index is 14.5. The van der Waals surface area contributed by atoms with Crippen molar-refractivity contribution in [1.29, 1.82) is 0 Å². The Morgan fingerprint density at radius 2 is 1.91 bits per heavy atom. The number of aromatic nitrogens is 4. The topological polar surface area (TPSA) is 58.9 Å². The molecule has 33 heavy (non-hydrogen) atoms. The minimum Gasteiger partial charge on any atom is -0.324 e. The van der Waals surface area contributed by atoms with Crippen LogP contribution in [-0.4, -0.2) is 37.7 Å². The van der Waals surface area contributed by atoms with Gasteiger partial charge in [0.15, 0.2) is 5.82 Å². The van der Waals surface area contributed by atoms with Crippen molar-refractivity contribution in [3.05, 3.63) is 65.9 Å². The lowest BCUT2D eigenvalue weighted by Gasteiger charge is -2.26. The lowest BCUT2D eigenvalue weighted by Crippen LogP contribution is -2.29. The highest BCUT2D eigenvalue weighted by Gasteiger charge is 2.14. The van der Waals surface area contributed by atoms with Gasteiger partial charge in [-0.25, -0.2) is 14.4 Å². The van der Waals surface area contributed by atoms with Crippen molar-refractivity contribution in [3.8, 4) is 23.5 Å². The third-order valence-corrected chi connectivity index (χ3v) is 5.95. The molecule has 6 nitrogen and oxygen atoms in total. The largest absolute Gasteiger partial charge is 0.324 e. The molecule has 166 valence electrons. The quantitative estimate of drug-likeness (QED) is 0.448. The Balaban J connectivity index is 1.49. The van der Waals surface area contributed by atoms with Gasteiger partial charge >= 0.3 is 0 Å². The summed E-state index contributed by atoms with van der Waals surface area (Å²) >= 11 is 0. The number of fused-ring (bicyclic) bond motifs is 1. The third kappa shape index (κ3) is 4.71. The van der Waals surface area contributed by atoms with Crippen LogP contribution in [0.2, 0.25) is 0 Å². The van der Waals surface area contributed by atoms with E-state index >= 15 is 0 Å². The molecule has 2 aromatic heterocycles. The van der Waals surface area contributed by atoms with E-state index in [4.69, 9.17) is 6.42 Å². The first-order valence-electron chi connectivity index (χ1n) is 11.1. The summed E-state index contributed by atoms with van der Waals surface area (Å²) in [4.78, 5) is 11.3. The van der Waals surface area contributed by atoms with Crippen LogP contribution in [0, 0.1) is 18.2 Å². The summed E-state index contributed by atoms with van der Waals surface area (Å²) in [7, 11) is 1.91. The fourth-order valence-electron chi connectivity index (χ4n) is 4.34. The SMILES string of the molecule is C#Cc1cc(F)c2nc(Nc3cc(CN4CCCCC4)cc(-c4cnn(C)c4)c3)ncc2c1. The van der Waals surface area contributed by atoms with Crippen LogP contribution < -0.4 is 5.32 Å². The summed E-state index contributed by atoms with van der Waals surface area (Å²) in [6.07, 6.45) is 14.6. The predicted molar refractivity (Wildman–Crippen MR) is 128 cm³/mol. The standard InChI is InChI=1S/C26H25FN6/c1-3-18-9-21-14-28-26(31-25(21)24(27)12-18)30-23-11-19(16-33-7-5-4-6-8-33)10-20(13-23)22-15-29-32(2)17-22/h1,9-15,17H,4-8,16H2,2H3,(H,28,30,31). The highest BCUT2D eigenvalue weighted by atomic mass is 19.1. The van der Waals surface area contributed by atoms with Gasteiger partial charge in [-0.3, -0.25) is 9.58 Å². The second kappa shape index (κ2) is 9.00. The normalized spacial score (nSPS) is 14.3. The molecule has 3 heterocycles. The average Bonchev–Trinajstić information content (AvgIpc) is 3.26. The molecular weight excluding hydrogens is 415 g/mol. The van der Waals surface area contributed by atoms with E-state index in [-0.39, 0.29) is 5.52 Å². The van der Waals surface area contributed by atoms with E-state index in [0.29, 0.717) is 16.9 Å². The third-order valence-electron chi connectivity index (χ3n) is 5.95. The van der Waals surface area contributed by atoms with Crippen LogP contribution in [0.25, 0.3) is 22.0 Å². The summed E-state index contributed by atoms with van der Waals surface area (Å²) in [5.41, 5.74) is 4.85. The summed E-state index contributed by atoms with van der Waals surface area (Å²) in [5, 5.41) is 8.16. The number of hydrogen-bond acceptors (Lipinski definition) is 5. The first-order valence-corrected chi connectivity index (χ1v) is 11.1. The molecule has 1 aliphatic rings. The Labute approximate surface area is 192 Å². The van der Waals surface area contributed by atoms with Gasteiger partial charge in [-0.1, -0.05) is 12.3 Å². The van der Waals surface area contributed by atoms with E-state index in [1.54, 1.807) is 16.9 Å². The van der Waals surface area contributed by atoms with Gasteiger partial charge in [0.25, 0.3) is 0 Å². The van der Waals surface area contributed by atoms with Crippen LogP contribution in [0.4, 0.5) is 16.0 Å². The van der Waals surface area contributed by atoms with Crippen molar-refractivity contribution in [1.82, 2.24) is 24.6 Å². The minimum absolute atomic E-state index is 0.239. The number of likely N-dealkylation sites (tertiary alicyclic amines) is 1. The molecule has 0 radical (unpaired) electrons. The van der Waals surface area contributed by atoms with Crippen LogP contribution in [0.3, 0.4) is 0 Å². The Morgan fingerprint density at radius 1 is 1.06 bits per heavy atom. The molecular formula is C26H25FN6. The van der Waals surface area contributed by atoms with Crippen LogP contribution in [0.15, 0.2) is 48.9 Å². The molecule has 5 rings (SSSR count). The monoisotopic (exact) mass is 440 g/mol. The van der Waals surface area contributed by atoms with Crippen molar-refractivity contribution in [3.63, 3.8) is 0 Å². The zero-order valence-corrected chi connectivity index (χ0v) is 18.6. The number of hydrogen-bond donors (Lipinski definition) is 1. The van der Waals surface area contributed by atoms with E-state index < -0.39 is 5.82 Å². The second-order valence-electron chi connectivity index (χ2n) is 8.52. The number of terminal acetylenes is 1. The van der Waals surface area contributed by atoms with E-state index in [9.17, 15) is 4.39 Å². The predicted octanol–water partition coefficient (Wildman–Crippen LogP) is 4.88. The molecule has 0 saturated carbocycles. The van der Waals surface area contributed by atoms with Gasteiger partial charge < -0.3 is 5.32 Å². The van der Waals surface area contributed by atoms with Crippen LogP contribution in [-0.2, 0) is 13.6 Å². The Hall–Kier alpha value is -3.76. The van der Waals surface area contributed by atoms with Gasteiger partial charge in [-0.05, 0) is 67.4 Å². The highest BCUT2D eigenvalue weighted by Crippen LogP contribution is 2.28. The molecule has 7 heteroatoms. The second-order valence-corrected chi connectivity index (χ2v) is 8.52. The summed E-state index contributed by atoms with van der Waals surface area (Å²) in [6, 6.07) is 9.39. The van der Waals surface area contributed by atoms with E-state index in [1.807, 2.05) is 25.5 Å². The number of nitrogens with zero attached hydrogens (tertiary/aromatic N) is 5. The van der Waals surface area contributed by atoms with Crippen LogP contribution in [0.5, 0.6) is 0 Å².